The summed E-state index contributed by atoms with van der Waals surface area (Å²) >= 11 is 0. The molecule has 0 saturated carbocycles. The molecule has 0 fully saturated rings. The number of aliphatic hydroxyl groups is 1. The summed E-state index contributed by atoms with van der Waals surface area (Å²) in [6, 6.07) is 8.08. The molecule has 1 aromatic carbocycles. The van der Waals surface area contributed by atoms with Crippen molar-refractivity contribution in [1.29, 1.82) is 0 Å². The average molecular weight is 188 g/mol. The summed E-state index contributed by atoms with van der Waals surface area (Å²) in [6.45, 7) is 0.199. The lowest BCUT2D eigenvalue weighted by Gasteiger charge is -2.03. The molecular weight excluding hydrogens is 176 g/mol. The van der Waals surface area contributed by atoms with Gasteiger partial charge in [0.2, 0.25) is 0 Å². The Morgan fingerprint density at radius 2 is 2.00 bits per heavy atom. The van der Waals surface area contributed by atoms with Crippen molar-refractivity contribution in [3.63, 3.8) is 0 Å². The van der Waals surface area contributed by atoms with Gasteiger partial charge in [-0.3, -0.25) is 0 Å². The minimum absolute atomic E-state index is 0.199. The summed E-state index contributed by atoms with van der Waals surface area (Å²) in [5, 5.41) is 8.76. The third-order valence-corrected chi connectivity index (χ3v) is 2.14. The topological polar surface area (TPSA) is 38.0 Å². The van der Waals surface area contributed by atoms with Gasteiger partial charge in [0.05, 0.1) is 6.33 Å². The van der Waals surface area contributed by atoms with Gasteiger partial charge in [-0.15, -0.1) is 0 Å². The van der Waals surface area contributed by atoms with Crippen molar-refractivity contribution >= 4 is 0 Å². The van der Waals surface area contributed by atoms with E-state index in [4.69, 9.17) is 5.11 Å². The second kappa shape index (κ2) is 4.07. The molecule has 0 atom stereocenters. The van der Waals surface area contributed by atoms with Crippen LogP contribution >= 0.6 is 0 Å². The van der Waals surface area contributed by atoms with Crippen molar-refractivity contribution in [2.45, 2.75) is 6.42 Å². The molecule has 2 rings (SSSR count). The fourth-order valence-electron chi connectivity index (χ4n) is 1.38. The van der Waals surface area contributed by atoms with E-state index in [2.05, 4.69) is 4.98 Å². The highest BCUT2D eigenvalue weighted by Gasteiger charge is 1.95. The van der Waals surface area contributed by atoms with Crippen LogP contribution in [0.15, 0.2) is 43.0 Å². The van der Waals surface area contributed by atoms with Gasteiger partial charge in [-0.1, -0.05) is 12.1 Å². The van der Waals surface area contributed by atoms with Gasteiger partial charge in [0.1, 0.15) is 0 Å². The fraction of sp³-hybridized carbons (Fsp3) is 0.182. The maximum absolute atomic E-state index is 8.76. The number of hydrogen-bond donors (Lipinski definition) is 1. The maximum Gasteiger partial charge on any atom is 0.0991 e. The summed E-state index contributed by atoms with van der Waals surface area (Å²) in [5.41, 5.74) is 2.24. The monoisotopic (exact) mass is 188 g/mol. The van der Waals surface area contributed by atoms with Crippen LogP contribution in [0.1, 0.15) is 5.56 Å². The molecule has 0 amide bonds. The zero-order valence-corrected chi connectivity index (χ0v) is 7.80. The van der Waals surface area contributed by atoms with E-state index < -0.39 is 0 Å². The Morgan fingerprint density at radius 1 is 1.21 bits per heavy atom. The highest BCUT2D eigenvalue weighted by molar-refractivity contribution is 5.34. The largest absolute Gasteiger partial charge is 0.396 e. The molecule has 0 aliphatic rings. The second-order valence-corrected chi connectivity index (χ2v) is 3.11. The van der Waals surface area contributed by atoms with E-state index in [1.807, 2.05) is 35.0 Å². The van der Waals surface area contributed by atoms with Crippen LogP contribution in [0.5, 0.6) is 0 Å². The Bertz CT molecular complexity index is 378. The lowest BCUT2D eigenvalue weighted by molar-refractivity contribution is 0.299. The number of aromatic nitrogens is 2. The molecular formula is C11H12N2O. The van der Waals surface area contributed by atoms with Crippen molar-refractivity contribution in [2.75, 3.05) is 6.61 Å². The SMILES string of the molecule is OCCc1ccc(-n2ccnc2)cc1. The Hall–Kier alpha value is -1.61. The van der Waals surface area contributed by atoms with Gasteiger partial charge in [-0.25, -0.2) is 4.98 Å². The first-order valence-corrected chi connectivity index (χ1v) is 4.58. The Morgan fingerprint density at radius 3 is 2.57 bits per heavy atom. The van der Waals surface area contributed by atoms with Gasteiger partial charge in [0.15, 0.2) is 0 Å². The molecule has 2 aromatic rings. The predicted octanol–water partition coefficient (Wildman–Crippen LogP) is 1.41. The zero-order chi connectivity index (χ0) is 9.80. The van der Waals surface area contributed by atoms with Crippen LogP contribution in [0.25, 0.3) is 5.69 Å². The molecule has 72 valence electrons. The van der Waals surface area contributed by atoms with Crippen LogP contribution in [0.2, 0.25) is 0 Å². The van der Waals surface area contributed by atoms with Gasteiger partial charge < -0.3 is 9.67 Å². The molecule has 1 heterocycles. The van der Waals surface area contributed by atoms with Crippen molar-refractivity contribution < 1.29 is 5.11 Å². The molecule has 0 radical (unpaired) electrons. The quantitative estimate of drug-likeness (QED) is 0.790. The highest BCUT2D eigenvalue weighted by Crippen LogP contribution is 2.09. The number of benzene rings is 1. The van der Waals surface area contributed by atoms with E-state index in [1.54, 1.807) is 12.5 Å². The Balaban J connectivity index is 2.22. The van der Waals surface area contributed by atoms with Crippen LogP contribution in [0.3, 0.4) is 0 Å². The standard InChI is InChI=1S/C11H12N2O/c14-8-5-10-1-3-11(4-2-10)13-7-6-12-9-13/h1-4,6-7,9,14H,5,8H2. The van der Waals surface area contributed by atoms with E-state index in [0.717, 1.165) is 11.3 Å². The van der Waals surface area contributed by atoms with E-state index in [1.165, 1.54) is 0 Å². The lowest BCUT2D eigenvalue weighted by Crippen LogP contribution is -1.93. The van der Waals surface area contributed by atoms with E-state index >= 15 is 0 Å². The molecule has 1 N–H and O–H groups in total. The lowest BCUT2D eigenvalue weighted by atomic mass is 10.1. The summed E-state index contributed by atoms with van der Waals surface area (Å²) < 4.78 is 1.95. The van der Waals surface area contributed by atoms with E-state index in [9.17, 15) is 0 Å². The van der Waals surface area contributed by atoms with Crippen LogP contribution in [0, 0.1) is 0 Å². The molecule has 1 aromatic heterocycles. The number of rotatable bonds is 3. The average Bonchev–Trinajstić information content (AvgIpc) is 2.72. The summed E-state index contributed by atoms with van der Waals surface area (Å²) in [5.74, 6) is 0. The third kappa shape index (κ3) is 1.83. The van der Waals surface area contributed by atoms with Crippen molar-refractivity contribution in [3.05, 3.63) is 48.5 Å². The first-order valence-electron chi connectivity index (χ1n) is 4.58. The van der Waals surface area contributed by atoms with Gasteiger partial charge in [0.25, 0.3) is 0 Å². The van der Waals surface area contributed by atoms with Crippen molar-refractivity contribution in [2.24, 2.45) is 0 Å². The predicted molar refractivity (Wildman–Crippen MR) is 54.4 cm³/mol. The first kappa shape index (κ1) is 8.97. The summed E-state index contributed by atoms with van der Waals surface area (Å²) in [6.07, 6.45) is 6.13. The van der Waals surface area contributed by atoms with Crippen LogP contribution in [-0.4, -0.2) is 21.3 Å². The third-order valence-electron chi connectivity index (χ3n) is 2.14. The molecule has 0 spiro atoms. The molecule has 0 aliphatic carbocycles. The van der Waals surface area contributed by atoms with Crippen molar-refractivity contribution in [1.82, 2.24) is 9.55 Å². The number of aliphatic hydroxyl groups excluding tert-OH is 1. The minimum Gasteiger partial charge on any atom is -0.396 e. The Labute approximate surface area is 82.7 Å². The molecule has 3 nitrogen and oxygen atoms in total. The van der Waals surface area contributed by atoms with Gasteiger partial charge >= 0.3 is 0 Å². The fourth-order valence-corrected chi connectivity index (χ4v) is 1.38. The number of nitrogens with zero attached hydrogens (tertiary/aromatic N) is 2. The molecule has 0 saturated heterocycles. The number of imidazole rings is 1. The van der Waals surface area contributed by atoms with Crippen molar-refractivity contribution in [3.8, 4) is 5.69 Å². The molecule has 0 bridgehead atoms. The first-order chi connectivity index (χ1) is 6.90. The summed E-state index contributed by atoms with van der Waals surface area (Å²) in [7, 11) is 0. The zero-order valence-electron chi connectivity index (χ0n) is 7.80. The van der Waals surface area contributed by atoms with Gasteiger partial charge in [0, 0.05) is 24.7 Å². The van der Waals surface area contributed by atoms with Crippen LogP contribution in [0.4, 0.5) is 0 Å². The Kier molecular flexibility index (Phi) is 2.60. The smallest absolute Gasteiger partial charge is 0.0991 e. The molecule has 3 heteroatoms. The maximum atomic E-state index is 8.76. The summed E-state index contributed by atoms with van der Waals surface area (Å²) in [4.78, 5) is 3.98. The van der Waals surface area contributed by atoms with E-state index in [0.29, 0.717) is 6.42 Å². The highest BCUT2D eigenvalue weighted by atomic mass is 16.2. The van der Waals surface area contributed by atoms with Crippen LogP contribution < -0.4 is 0 Å². The van der Waals surface area contributed by atoms with Crippen LogP contribution in [-0.2, 0) is 6.42 Å². The van der Waals surface area contributed by atoms with Gasteiger partial charge in [-0.2, -0.15) is 0 Å². The second-order valence-electron chi connectivity index (χ2n) is 3.11. The molecule has 14 heavy (non-hydrogen) atoms. The number of hydrogen-bond acceptors (Lipinski definition) is 2. The normalized spacial score (nSPS) is 10.4. The molecule has 0 unspecified atom stereocenters. The van der Waals surface area contributed by atoms with Gasteiger partial charge in [-0.05, 0) is 24.1 Å². The minimum atomic E-state index is 0.199. The van der Waals surface area contributed by atoms with E-state index in [-0.39, 0.29) is 6.61 Å². The molecule has 0 aliphatic heterocycles.